The van der Waals surface area contributed by atoms with Crippen LogP contribution in [0.1, 0.15) is 13.3 Å². The van der Waals surface area contributed by atoms with Crippen molar-refractivity contribution in [2.24, 2.45) is 0 Å². The second-order valence-corrected chi connectivity index (χ2v) is 7.66. The second kappa shape index (κ2) is 8.71. The number of benzene rings is 1. The van der Waals surface area contributed by atoms with Gasteiger partial charge in [0.25, 0.3) is 0 Å². The van der Waals surface area contributed by atoms with Gasteiger partial charge in [-0.25, -0.2) is 9.78 Å². The molecule has 0 saturated carbocycles. The van der Waals surface area contributed by atoms with E-state index in [-0.39, 0.29) is 18.0 Å². The smallest absolute Gasteiger partial charge is 0.329 e. The monoisotopic (exact) mass is 408 g/mol. The van der Waals surface area contributed by atoms with Gasteiger partial charge in [0.15, 0.2) is 0 Å². The number of likely N-dealkylation sites (N-methyl/N-ethyl adjacent to an activating group) is 1. The minimum Gasteiger partial charge on any atom is -0.368 e. The molecule has 1 saturated heterocycles. The summed E-state index contributed by atoms with van der Waals surface area (Å²) in [7, 11) is 2.13. The molecule has 0 spiro atoms. The van der Waals surface area contributed by atoms with E-state index in [1.54, 1.807) is 15.3 Å². The van der Waals surface area contributed by atoms with Crippen molar-refractivity contribution in [3.8, 4) is 0 Å². The lowest BCUT2D eigenvalue weighted by Crippen LogP contribution is -2.44. The number of carbonyl (C=O) groups excluding carboxylic acids is 1. The van der Waals surface area contributed by atoms with Crippen LogP contribution in [0.2, 0.25) is 0 Å². The molecule has 4 rings (SSSR count). The summed E-state index contributed by atoms with van der Waals surface area (Å²) in [5.74, 6) is 0.372. The molecule has 1 aliphatic rings. The van der Waals surface area contributed by atoms with Gasteiger partial charge in [-0.1, -0.05) is 12.1 Å². The van der Waals surface area contributed by atoms with E-state index in [4.69, 9.17) is 0 Å². The summed E-state index contributed by atoms with van der Waals surface area (Å²) in [6.07, 6.45) is 2.01. The molecule has 1 aromatic carbocycles. The number of anilines is 2. The molecule has 3 heterocycles. The van der Waals surface area contributed by atoms with Crippen molar-refractivity contribution in [3.05, 3.63) is 53.1 Å². The standard InChI is InChI=1S/C22H28N6O2/c1-3-27-18-6-4-5-7-19(18)28(22(27)30)11-10-21(29)24-20-9-8-17(16-23-20)26-14-12-25(2)13-15-26/h4-9,16H,3,10-15H2,1-2H3,(H,23,24,29). The van der Waals surface area contributed by atoms with E-state index in [0.29, 0.717) is 18.9 Å². The lowest BCUT2D eigenvalue weighted by Gasteiger charge is -2.33. The van der Waals surface area contributed by atoms with Crippen molar-refractivity contribution in [3.63, 3.8) is 0 Å². The Morgan fingerprint density at radius 3 is 2.37 bits per heavy atom. The molecule has 1 aliphatic heterocycles. The zero-order valence-electron chi connectivity index (χ0n) is 17.5. The Hall–Kier alpha value is -3.13. The Bertz CT molecular complexity index is 1080. The maximum absolute atomic E-state index is 12.7. The van der Waals surface area contributed by atoms with E-state index in [0.717, 1.165) is 42.9 Å². The summed E-state index contributed by atoms with van der Waals surface area (Å²) < 4.78 is 3.40. The van der Waals surface area contributed by atoms with Crippen molar-refractivity contribution in [1.29, 1.82) is 0 Å². The zero-order chi connectivity index (χ0) is 21.1. The minimum absolute atomic E-state index is 0.0823. The molecular formula is C22H28N6O2. The topological polar surface area (TPSA) is 75.4 Å². The second-order valence-electron chi connectivity index (χ2n) is 7.66. The van der Waals surface area contributed by atoms with Crippen LogP contribution >= 0.6 is 0 Å². The molecule has 2 aromatic heterocycles. The van der Waals surface area contributed by atoms with Crippen molar-refractivity contribution in [2.75, 3.05) is 43.4 Å². The molecule has 8 heteroatoms. The fourth-order valence-corrected chi connectivity index (χ4v) is 3.92. The number of imidazole rings is 1. The third kappa shape index (κ3) is 4.09. The Labute approximate surface area is 175 Å². The zero-order valence-corrected chi connectivity index (χ0v) is 17.5. The molecule has 1 fully saturated rings. The SMILES string of the molecule is CCn1c(=O)n(CCC(=O)Nc2ccc(N3CCN(C)CC3)cn2)c2ccccc21. The van der Waals surface area contributed by atoms with Crippen molar-refractivity contribution in [2.45, 2.75) is 26.4 Å². The van der Waals surface area contributed by atoms with E-state index >= 15 is 0 Å². The normalized spacial score (nSPS) is 14.9. The quantitative estimate of drug-likeness (QED) is 0.675. The third-order valence-electron chi connectivity index (χ3n) is 5.69. The van der Waals surface area contributed by atoms with Crippen LogP contribution in [0.5, 0.6) is 0 Å². The maximum Gasteiger partial charge on any atom is 0.329 e. The number of hydrogen-bond acceptors (Lipinski definition) is 5. The van der Waals surface area contributed by atoms with Gasteiger partial charge in [0.2, 0.25) is 5.91 Å². The van der Waals surface area contributed by atoms with Gasteiger partial charge in [0.05, 0.1) is 22.9 Å². The van der Waals surface area contributed by atoms with Crippen molar-refractivity contribution < 1.29 is 4.79 Å². The molecule has 1 amide bonds. The van der Waals surface area contributed by atoms with Gasteiger partial charge in [-0.15, -0.1) is 0 Å². The first kappa shape index (κ1) is 20.2. The highest BCUT2D eigenvalue weighted by atomic mass is 16.2. The number of para-hydroxylation sites is 2. The molecule has 3 aromatic rings. The van der Waals surface area contributed by atoms with Crippen molar-refractivity contribution in [1.82, 2.24) is 19.0 Å². The fraction of sp³-hybridized carbons (Fsp3) is 0.409. The Kier molecular flexibility index (Phi) is 5.85. The average molecular weight is 409 g/mol. The first-order chi connectivity index (χ1) is 14.6. The lowest BCUT2D eigenvalue weighted by atomic mass is 10.3. The summed E-state index contributed by atoms with van der Waals surface area (Å²) in [6, 6.07) is 11.5. The van der Waals surface area contributed by atoms with Crippen LogP contribution in [-0.4, -0.2) is 58.2 Å². The highest BCUT2D eigenvalue weighted by molar-refractivity contribution is 5.90. The van der Waals surface area contributed by atoms with Crippen LogP contribution in [0.15, 0.2) is 47.4 Å². The first-order valence-electron chi connectivity index (χ1n) is 10.4. The molecule has 1 N–H and O–H groups in total. The third-order valence-corrected chi connectivity index (χ3v) is 5.69. The van der Waals surface area contributed by atoms with E-state index in [2.05, 4.69) is 27.1 Å². The maximum atomic E-state index is 12.7. The van der Waals surface area contributed by atoms with Crippen LogP contribution < -0.4 is 15.9 Å². The van der Waals surface area contributed by atoms with Gasteiger partial charge in [-0.3, -0.25) is 13.9 Å². The summed E-state index contributed by atoms with van der Waals surface area (Å²) >= 11 is 0. The van der Waals surface area contributed by atoms with Crippen LogP contribution in [0.4, 0.5) is 11.5 Å². The van der Waals surface area contributed by atoms with Gasteiger partial charge in [0.1, 0.15) is 5.82 Å². The van der Waals surface area contributed by atoms with Crippen LogP contribution in [0.25, 0.3) is 11.0 Å². The van der Waals surface area contributed by atoms with Gasteiger partial charge < -0.3 is 15.1 Å². The van der Waals surface area contributed by atoms with Gasteiger partial charge in [-0.2, -0.15) is 0 Å². The molecule has 0 aliphatic carbocycles. The summed E-state index contributed by atoms with van der Waals surface area (Å²) in [5.41, 5.74) is 2.74. The number of aromatic nitrogens is 3. The van der Waals surface area contributed by atoms with Crippen LogP contribution in [0.3, 0.4) is 0 Å². The molecule has 30 heavy (non-hydrogen) atoms. The van der Waals surface area contributed by atoms with Crippen LogP contribution in [-0.2, 0) is 17.9 Å². The number of amides is 1. The Balaban J connectivity index is 1.38. The number of hydrogen-bond donors (Lipinski definition) is 1. The number of piperazine rings is 1. The number of nitrogens with zero attached hydrogens (tertiary/aromatic N) is 5. The molecule has 0 bridgehead atoms. The summed E-state index contributed by atoms with van der Waals surface area (Å²) in [6.45, 7) is 6.90. The number of fused-ring (bicyclic) bond motifs is 1. The van der Waals surface area contributed by atoms with E-state index < -0.39 is 0 Å². The van der Waals surface area contributed by atoms with E-state index in [1.165, 1.54) is 0 Å². The van der Waals surface area contributed by atoms with Gasteiger partial charge >= 0.3 is 5.69 Å². The summed E-state index contributed by atoms with van der Waals surface area (Å²) in [4.78, 5) is 34.1. The predicted molar refractivity (Wildman–Crippen MR) is 119 cm³/mol. The Morgan fingerprint density at radius 2 is 1.73 bits per heavy atom. The number of pyridine rings is 1. The molecule has 0 unspecified atom stereocenters. The predicted octanol–water partition coefficient (Wildman–Crippen LogP) is 2.00. The number of carbonyl (C=O) groups is 1. The highest BCUT2D eigenvalue weighted by Gasteiger charge is 2.15. The Morgan fingerprint density at radius 1 is 1.03 bits per heavy atom. The average Bonchev–Trinajstić information content (AvgIpc) is 3.04. The molecule has 0 radical (unpaired) electrons. The number of rotatable bonds is 6. The molecule has 0 atom stereocenters. The largest absolute Gasteiger partial charge is 0.368 e. The number of aryl methyl sites for hydroxylation is 2. The van der Waals surface area contributed by atoms with Gasteiger partial charge in [-0.05, 0) is 38.2 Å². The van der Waals surface area contributed by atoms with Crippen molar-refractivity contribution >= 4 is 28.4 Å². The lowest BCUT2D eigenvalue weighted by molar-refractivity contribution is -0.116. The minimum atomic E-state index is -0.157. The van der Waals surface area contributed by atoms with Crippen LogP contribution in [0, 0.1) is 0 Å². The van der Waals surface area contributed by atoms with E-state index in [9.17, 15) is 9.59 Å². The summed E-state index contributed by atoms with van der Waals surface area (Å²) in [5, 5.41) is 2.84. The fourth-order valence-electron chi connectivity index (χ4n) is 3.92. The van der Waals surface area contributed by atoms with Gasteiger partial charge in [0, 0.05) is 45.7 Å². The molecule has 158 valence electrons. The molecule has 8 nitrogen and oxygen atoms in total. The molecular weight excluding hydrogens is 380 g/mol. The van der Waals surface area contributed by atoms with E-state index in [1.807, 2.05) is 43.3 Å². The first-order valence-corrected chi connectivity index (χ1v) is 10.4. The highest BCUT2D eigenvalue weighted by Crippen LogP contribution is 2.17. The number of nitrogens with one attached hydrogen (secondary N) is 1.